The van der Waals surface area contributed by atoms with Crippen LogP contribution >= 0.6 is 0 Å². The monoisotopic (exact) mass is 296 g/mol. The van der Waals surface area contributed by atoms with Gasteiger partial charge in [-0.2, -0.15) is 0 Å². The maximum atomic E-state index is 12.2. The number of methoxy groups -OCH3 is 2. The number of rotatable bonds is 4. The first-order valence-electron chi connectivity index (χ1n) is 4.77. The standard InChI is InChI=1S/C9H7F3N2O6/c1-18-7-4(8(15)19-2)3-5(20-9(10,11)12)6(13-7)14(16)17/h3H,1-2H3. The van der Waals surface area contributed by atoms with E-state index in [-0.39, 0.29) is 0 Å². The first kappa shape index (κ1) is 15.5. The third-order valence-electron chi connectivity index (χ3n) is 1.93. The van der Waals surface area contributed by atoms with Crippen molar-refractivity contribution in [3.05, 3.63) is 21.7 Å². The van der Waals surface area contributed by atoms with Gasteiger partial charge < -0.3 is 24.3 Å². The molecule has 0 atom stereocenters. The zero-order chi connectivity index (χ0) is 15.5. The lowest BCUT2D eigenvalue weighted by Gasteiger charge is -2.10. The molecule has 0 fully saturated rings. The van der Waals surface area contributed by atoms with Crippen LogP contribution in [0.3, 0.4) is 0 Å². The Bertz CT molecular complexity index is 545. The summed E-state index contributed by atoms with van der Waals surface area (Å²) in [5.41, 5.74) is -0.542. The van der Waals surface area contributed by atoms with Gasteiger partial charge in [0.25, 0.3) is 0 Å². The molecule has 0 amide bonds. The molecule has 8 nitrogen and oxygen atoms in total. The molecule has 110 valence electrons. The summed E-state index contributed by atoms with van der Waals surface area (Å²) in [5, 5.41) is 10.7. The maximum Gasteiger partial charge on any atom is 0.573 e. The van der Waals surface area contributed by atoms with Crippen molar-refractivity contribution in [3.8, 4) is 11.6 Å². The minimum atomic E-state index is -5.19. The van der Waals surface area contributed by atoms with Gasteiger partial charge in [0.05, 0.1) is 14.2 Å². The summed E-state index contributed by atoms with van der Waals surface area (Å²) in [6, 6.07) is 0.475. The summed E-state index contributed by atoms with van der Waals surface area (Å²) in [4.78, 5) is 24.0. The average Bonchev–Trinajstić information content (AvgIpc) is 2.35. The minimum absolute atomic E-state index is 0.475. The van der Waals surface area contributed by atoms with E-state index in [1.807, 2.05) is 0 Å². The Morgan fingerprint density at radius 2 is 2.00 bits per heavy atom. The van der Waals surface area contributed by atoms with Crippen molar-refractivity contribution in [1.29, 1.82) is 0 Å². The number of alkyl halides is 3. The highest BCUT2D eigenvalue weighted by Crippen LogP contribution is 2.34. The molecule has 1 aromatic heterocycles. The van der Waals surface area contributed by atoms with E-state index in [2.05, 4.69) is 19.2 Å². The summed E-state index contributed by atoms with van der Waals surface area (Å²) in [5.74, 6) is -4.13. The van der Waals surface area contributed by atoms with Gasteiger partial charge in [-0.3, -0.25) is 0 Å². The fourth-order valence-electron chi connectivity index (χ4n) is 1.21. The highest BCUT2D eigenvalue weighted by atomic mass is 19.4. The second kappa shape index (κ2) is 5.59. The Hall–Kier alpha value is -2.59. The van der Waals surface area contributed by atoms with Gasteiger partial charge in [0.2, 0.25) is 5.75 Å². The molecule has 20 heavy (non-hydrogen) atoms. The molecule has 0 aliphatic heterocycles. The molecule has 0 saturated heterocycles. The molecule has 0 unspecified atom stereocenters. The lowest BCUT2D eigenvalue weighted by Crippen LogP contribution is -2.19. The van der Waals surface area contributed by atoms with Crippen LogP contribution in [0.4, 0.5) is 19.0 Å². The van der Waals surface area contributed by atoms with Crippen molar-refractivity contribution in [1.82, 2.24) is 4.98 Å². The van der Waals surface area contributed by atoms with E-state index < -0.39 is 40.3 Å². The molecule has 0 radical (unpaired) electrons. The van der Waals surface area contributed by atoms with Crippen molar-refractivity contribution >= 4 is 11.8 Å². The molecule has 0 aliphatic carbocycles. The van der Waals surface area contributed by atoms with Crippen LogP contribution < -0.4 is 9.47 Å². The maximum absolute atomic E-state index is 12.2. The third kappa shape index (κ3) is 3.46. The Kier molecular flexibility index (Phi) is 4.32. The van der Waals surface area contributed by atoms with Gasteiger partial charge in [0.1, 0.15) is 0 Å². The predicted octanol–water partition coefficient (Wildman–Crippen LogP) is 1.68. The molecule has 11 heteroatoms. The molecule has 0 N–H and O–H groups in total. The van der Waals surface area contributed by atoms with E-state index in [1.54, 1.807) is 0 Å². The molecule has 0 aliphatic rings. The van der Waals surface area contributed by atoms with Crippen LogP contribution in [-0.2, 0) is 4.74 Å². The van der Waals surface area contributed by atoms with Crippen molar-refractivity contribution in [2.75, 3.05) is 14.2 Å². The molecule has 1 rings (SSSR count). The normalized spacial score (nSPS) is 10.8. The molecule has 0 aromatic carbocycles. The van der Waals surface area contributed by atoms with Crippen LogP contribution in [0.15, 0.2) is 6.07 Å². The van der Waals surface area contributed by atoms with Gasteiger partial charge in [-0.25, -0.2) is 4.79 Å². The number of halogens is 3. The molecule has 1 heterocycles. The fraction of sp³-hybridized carbons (Fsp3) is 0.333. The number of aromatic nitrogens is 1. The van der Waals surface area contributed by atoms with Gasteiger partial charge in [-0.15, -0.1) is 13.2 Å². The van der Waals surface area contributed by atoms with Gasteiger partial charge in [0.15, 0.2) is 5.56 Å². The van der Waals surface area contributed by atoms with E-state index in [4.69, 9.17) is 0 Å². The van der Waals surface area contributed by atoms with Gasteiger partial charge in [0, 0.05) is 11.1 Å². The van der Waals surface area contributed by atoms with E-state index in [1.165, 1.54) is 0 Å². The Balaban J connectivity index is 3.46. The molecule has 0 saturated carbocycles. The van der Waals surface area contributed by atoms with Crippen molar-refractivity contribution in [2.45, 2.75) is 6.36 Å². The van der Waals surface area contributed by atoms with Crippen molar-refractivity contribution < 1.29 is 37.1 Å². The number of nitrogens with zero attached hydrogens (tertiary/aromatic N) is 2. The van der Waals surface area contributed by atoms with Crippen molar-refractivity contribution in [2.24, 2.45) is 0 Å². The highest BCUT2D eigenvalue weighted by Gasteiger charge is 2.37. The summed E-state index contributed by atoms with van der Waals surface area (Å²) >= 11 is 0. The zero-order valence-electron chi connectivity index (χ0n) is 10.1. The Morgan fingerprint density at radius 1 is 1.40 bits per heavy atom. The van der Waals surface area contributed by atoms with E-state index >= 15 is 0 Å². The van der Waals surface area contributed by atoms with Crippen LogP contribution in [-0.4, -0.2) is 36.5 Å². The van der Waals surface area contributed by atoms with Gasteiger partial charge >= 0.3 is 24.0 Å². The Morgan fingerprint density at radius 3 is 2.40 bits per heavy atom. The first-order valence-corrected chi connectivity index (χ1v) is 4.77. The molecule has 0 bridgehead atoms. The zero-order valence-corrected chi connectivity index (χ0v) is 10.1. The third-order valence-corrected chi connectivity index (χ3v) is 1.93. The number of pyridine rings is 1. The van der Waals surface area contributed by atoms with E-state index in [0.717, 1.165) is 14.2 Å². The minimum Gasteiger partial charge on any atom is -0.465 e. The van der Waals surface area contributed by atoms with Crippen LogP contribution in [0.2, 0.25) is 0 Å². The predicted molar refractivity (Wildman–Crippen MR) is 55.5 cm³/mol. The van der Waals surface area contributed by atoms with Gasteiger partial charge in [-0.1, -0.05) is 0 Å². The highest BCUT2D eigenvalue weighted by molar-refractivity contribution is 5.92. The molecular formula is C9H7F3N2O6. The number of carbonyl (C=O) groups excluding carboxylic acids is 1. The number of esters is 1. The summed E-state index contributed by atoms with van der Waals surface area (Å²) < 4.78 is 48.8. The summed E-state index contributed by atoms with van der Waals surface area (Å²) in [6.07, 6.45) is -5.19. The van der Waals surface area contributed by atoms with E-state index in [9.17, 15) is 28.1 Å². The van der Waals surface area contributed by atoms with Crippen LogP contribution in [0.1, 0.15) is 10.4 Å². The van der Waals surface area contributed by atoms with Crippen molar-refractivity contribution in [3.63, 3.8) is 0 Å². The number of hydrogen-bond donors (Lipinski definition) is 0. The number of nitro groups is 1. The molecule has 0 spiro atoms. The smallest absolute Gasteiger partial charge is 0.465 e. The van der Waals surface area contributed by atoms with Crippen LogP contribution in [0, 0.1) is 10.1 Å². The molecule has 1 aromatic rings. The lowest BCUT2D eigenvalue weighted by atomic mass is 10.2. The lowest BCUT2D eigenvalue weighted by molar-refractivity contribution is -0.393. The quantitative estimate of drug-likeness (QED) is 0.473. The summed E-state index contributed by atoms with van der Waals surface area (Å²) in [7, 11) is 2.00. The van der Waals surface area contributed by atoms with E-state index in [0.29, 0.717) is 6.07 Å². The number of ether oxygens (including phenoxy) is 3. The average molecular weight is 296 g/mol. The topological polar surface area (TPSA) is 101 Å². The number of hydrogen-bond acceptors (Lipinski definition) is 7. The van der Waals surface area contributed by atoms with Crippen LogP contribution in [0.25, 0.3) is 0 Å². The first-order chi connectivity index (χ1) is 9.19. The fourth-order valence-corrected chi connectivity index (χ4v) is 1.21. The largest absolute Gasteiger partial charge is 0.573 e. The Labute approximate surface area is 109 Å². The molecular weight excluding hydrogens is 289 g/mol. The SMILES string of the molecule is COC(=O)c1cc(OC(F)(F)F)c([N+](=O)[O-])nc1OC. The van der Waals surface area contributed by atoms with Gasteiger partial charge in [-0.05, 0) is 4.92 Å². The second-order valence-corrected chi connectivity index (χ2v) is 3.16. The second-order valence-electron chi connectivity index (χ2n) is 3.16. The van der Waals surface area contributed by atoms with Crippen LogP contribution in [0.5, 0.6) is 11.6 Å². The number of carbonyl (C=O) groups is 1. The summed E-state index contributed by atoms with van der Waals surface area (Å²) in [6.45, 7) is 0.